The van der Waals surface area contributed by atoms with E-state index in [2.05, 4.69) is 11.4 Å². The van der Waals surface area contributed by atoms with Gasteiger partial charge in [-0.15, -0.1) is 0 Å². The summed E-state index contributed by atoms with van der Waals surface area (Å²) in [6, 6.07) is 8.53. The van der Waals surface area contributed by atoms with Gasteiger partial charge in [-0.05, 0) is 44.0 Å². The molecular formula is C19H22N2O5. The number of nitrogens with one attached hydrogen (secondary N) is 1. The summed E-state index contributed by atoms with van der Waals surface area (Å²) in [5.74, 6) is -0.824. The van der Waals surface area contributed by atoms with Gasteiger partial charge in [-0.3, -0.25) is 9.59 Å². The van der Waals surface area contributed by atoms with E-state index in [1.165, 1.54) is 6.92 Å². The van der Waals surface area contributed by atoms with Crippen LogP contribution in [0.25, 0.3) is 0 Å². The second-order valence-corrected chi connectivity index (χ2v) is 6.33. The molecule has 0 bridgehead atoms. The van der Waals surface area contributed by atoms with Crippen molar-refractivity contribution in [3.63, 3.8) is 0 Å². The molecule has 0 aromatic heterocycles. The SMILES string of the molecule is CC(=O)c1ccc(OCC(=O)OCC(=O)NC2(C#N)CCCCC2)cc1. The molecule has 0 saturated heterocycles. The number of ketones is 1. The Morgan fingerprint density at radius 2 is 1.77 bits per heavy atom. The van der Waals surface area contributed by atoms with Gasteiger partial charge in [-0.2, -0.15) is 5.26 Å². The third kappa shape index (κ3) is 5.59. The predicted molar refractivity (Wildman–Crippen MR) is 92.5 cm³/mol. The fourth-order valence-corrected chi connectivity index (χ4v) is 2.84. The summed E-state index contributed by atoms with van der Waals surface area (Å²) in [4.78, 5) is 34.8. The molecule has 0 radical (unpaired) electrons. The Morgan fingerprint density at radius 1 is 1.12 bits per heavy atom. The summed E-state index contributed by atoms with van der Waals surface area (Å²) in [6.45, 7) is 0.660. The number of rotatable bonds is 7. The van der Waals surface area contributed by atoms with Crippen LogP contribution in [0.3, 0.4) is 0 Å². The lowest BCUT2D eigenvalue weighted by Crippen LogP contribution is -2.50. The number of nitrogens with zero attached hydrogens (tertiary/aromatic N) is 1. The van der Waals surface area contributed by atoms with Crippen LogP contribution in [0.5, 0.6) is 5.75 Å². The number of benzene rings is 1. The molecule has 0 atom stereocenters. The Bertz CT molecular complexity index is 700. The van der Waals surface area contributed by atoms with Crippen LogP contribution in [0.2, 0.25) is 0 Å². The molecule has 1 aliphatic rings. The van der Waals surface area contributed by atoms with E-state index in [4.69, 9.17) is 9.47 Å². The Balaban J connectivity index is 1.73. The topological polar surface area (TPSA) is 105 Å². The third-order valence-corrected chi connectivity index (χ3v) is 4.28. The van der Waals surface area contributed by atoms with Crippen molar-refractivity contribution in [3.8, 4) is 11.8 Å². The molecule has 0 heterocycles. The zero-order valence-electron chi connectivity index (χ0n) is 14.7. The predicted octanol–water partition coefficient (Wildman–Crippen LogP) is 2.15. The van der Waals surface area contributed by atoms with Gasteiger partial charge in [0.2, 0.25) is 0 Å². The standard InChI is InChI=1S/C19H22N2O5/c1-14(22)15-5-7-16(8-6-15)25-12-18(24)26-11-17(23)21-19(13-20)9-3-2-4-10-19/h5-8H,2-4,9-12H2,1H3,(H,21,23). The van der Waals surface area contributed by atoms with E-state index in [0.29, 0.717) is 24.2 Å². The van der Waals surface area contributed by atoms with Crippen LogP contribution in [0, 0.1) is 11.3 Å². The molecule has 138 valence electrons. The van der Waals surface area contributed by atoms with Crippen LogP contribution in [-0.4, -0.2) is 36.4 Å². The molecule has 0 spiro atoms. The molecule has 1 amide bonds. The average Bonchev–Trinajstić information content (AvgIpc) is 2.65. The summed E-state index contributed by atoms with van der Waals surface area (Å²) < 4.78 is 10.1. The first kappa shape index (κ1) is 19.4. The summed E-state index contributed by atoms with van der Waals surface area (Å²) in [5, 5.41) is 12.0. The second kappa shape index (κ2) is 8.99. The highest BCUT2D eigenvalue weighted by molar-refractivity contribution is 5.94. The van der Waals surface area contributed by atoms with Gasteiger partial charge < -0.3 is 14.8 Å². The molecule has 1 aromatic rings. The quantitative estimate of drug-likeness (QED) is 0.591. The minimum Gasteiger partial charge on any atom is -0.482 e. The summed E-state index contributed by atoms with van der Waals surface area (Å²) in [7, 11) is 0. The Kier molecular flexibility index (Phi) is 6.73. The first-order valence-electron chi connectivity index (χ1n) is 8.56. The Labute approximate surface area is 152 Å². The van der Waals surface area contributed by atoms with Crippen molar-refractivity contribution in [1.82, 2.24) is 5.32 Å². The van der Waals surface area contributed by atoms with Crippen LogP contribution in [0.1, 0.15) is 49.4 Å². The van der Waals surface area contributed by atoms with Crippen molar-refractivity contribution in [1.29, 1.82) is 5.26 Å². The number of amides is 1. The molecule has 26 heavy (non-hydrogen) atoms. The van der Waals surface area contributed by atoms with Crippen molar-refractivity contribution >= 4 is 17.7 Å². The van der Waals surface area contributed by atoms with Crippen molar-refractivity contribution in [2.24, 2.45) is 0 Å². The maximum Gasteiger partial charge on any atom is 0.344 e. The Hall–Kier alpha value is -2.88. The number of ether oxygens (including phenoxy) is 2. The van der Waals surface area contributed by atoms with E-state index >= 15 is 0 Å². The van der Waals surface area contributed by atoms with E-state index in [1.807, 2.05) is 0 Å². The van der Waals surface area contributed by atoms with E-state index in [1.54, 1.807) is 24.3 Å². The minimum absolute atomic E-state index is 0.0601. The second-order valence-electron chi connectivity index (χ2n) is 6.33. The van der Waals surface area contributed by atoms with Crippen LogP contribution in [-0.2, 0) is 14.3 Å². The van der Waals surface area contributed by atoms with E-state index < -0.39 is 24.0 Å². The lowest BCUT2D eigenvalue weighted by Gasteiger charge is -2.31. The van der Waals surface area contributed by atoms with Gasteiger partial charge in [0.15, 0.2) is 19.0 Å². The van der Waals surface area contributed by atoms with Crippen molar-refractivity contribution in [3.05, 3.63) is 29.8 Å². The van der Waals surface area contributed by atoms with Gasteiger partial charge in [-0.25, -0.2) is 4.79 Å². The maximum absolute atomic E-state index is 11.9. The third-order valence-electron chi connectivity index (χ3n) is 4.28. The van der Waals surface area contributed by atoms with Gasteiger partial charge in [0.05, 0.1) is 6.07 Å². The van der Waals surface area contributed by atoms with Crippen LogP contribution < -0.4 is 10.1 Å². The van der Waals surface area contributed by atoms with Crippen molar-refractivity contribution < 1.29 is 23.9 Å². The summed E-state index contributed by atoms with van der Waals surface area (Å²) >= 11 is 0. The lowest BCUT2D eigenvalue weighted by atomic mass is 9.83. The number of Topliss-reactive ketones (excluding diaryl/α,β-unsaturated/α-hetero) is 1. The van der Waals surface area contributed by atoms with E-state index in [-0.39, 0.29) is 12.4 Å². The van der Waals surface area contributed by atoms with Gasteiger partial charge in [0, 0.05) is 5.56 Å². The number of esters is 1. The monoisotopic (exact) mass is 358 g/mol. The number of carbonyl (C=O) groups excluding carboxylic acids is 3. The van der Waals surface area contributed by atoms with Crippen molar-refractivity contribution in [2.75, 3.05) is 13.2 Å². The maximum atomic E-state index is 11.9. The molecular weight excluding hydrogens is 336 g/mol. The molecule has 1 saturated carbocycles. The molecule has 7 heteroatoms. The van der Waals surface area contributed by atoms with Crippen LogP contribution in [0.4, 0.5) is 0 Å². The van der Waals surface area contributed by atoms with Gasteiger partial charge in [-0.1, -0.05) is 19.3 Å². The van der Waals surface area contributed by atoms with Gasteiger partial charge in [0.25, 0.3) is 5.91 Å². The molecule has 0 aliphatic heterocycles. The highest BCUT2D eigenvalue weighted by atomic mass is 16.6. The fraction of sp³-hybridized carbons (Fsp3) is 0.474. The van der Waals surface area contributed by atoms with Crippen molar-refractivity contribution in [2.45, 2.75) is 44.6 Å². The van der Waals surface area contributed by atoms with Gasteiger partial charge in [0.1, 0.15) is 11.3 Å². The zero-order valence-corrected chi connectivity index (χ0v) is 14.7. The van der Waals surface area contributed by atoms with Crippen LogP contribution >= 0.6 is 0 Å². The molecule has 1 aliphatic carbocycles. The first-order chi connectivity index (χ1) is 12.4. The summed E-state index contributed by atoms with van der Waals surface area (Å²) in [6.07, 6.45) is 4.07. The molecule has 1 N–H and O–H groups in total. The minimum atomic E-state index is -0.850. The smallest absolute Gasteiger partial charge is 0.344 e. The number of hydrogen-bond acceptors (Lipinski definition) is 6. The molecule has 2 rings (SSSR count). The molecule has 1 fully saturated rings. The summed E-state index contributed by atoms with van der Waals surface area (Å²) in [5.41, 5.74) is -0.304. The van der Waals surface area contributed by atoms with Crippen LogP contribution in [0.15, 0.2) is 24.3 Å². The number of hydrogen-bond donors (Lipinski definition) is 1. The number of nitriles is 1. The fourth-order valence-electron chi connectivity index (χ4n) is 2.84. The zero-order chi connectivity index (χ0) is 19.0. The lowest BCUT2D eigenvalue weighted by molar-refractivity contribution is -0.150. The highest BCUT2D eigenvalue weighted by Crippen LogP contribution is 2.27. The molecule has 1 aromatic carbocycles. The average molecular weight is 358 g/mol. The molecule has 0 unspecified atom stereocenters. The highest BCUT2D eigenvalue weighted by Gasteiger charge is 2.33. The first-order valence-corrected chi connectivity index (χ1v) is 8.56. The number of carbonyl (C=O) groups is 3. The van der Waals surface area contributed by atoms with Gasteiger partial charge >= 0.3 is 5.97 Å². The van der Waals surface area contributed by atoms with E-state index in [9.17, 15) is 19.6 Å². The normalized spacial score (nSPS) is 15.4. The van der Waals surface area contributed by atoms with E-state index in [0.717, 1.165) is 19.3 Å². The Morgan fingerprint density at radius 3 is 2.35 bits per heavy atom. The molecule has 7 nitrogen and oxygen atoms in total. The largest absolute Gasteiger partial charge is 0.482 e.